The van der Waals surface area contributed by atoms with Crippen LogP contribution in [0.5, 0.6) is 5.75 Å². The molecule has 1 fully saturated rings. The highest BCUT2D eigenvalue weighted by atomic mass is 32.2. The van der Waals surface area contributed by atoms with E-state index in [1.807, 2.05) is 0 Å². The summed E-state index contributed by atoms with van der Waals surface area (Å²) in [5, 5.41) is 29.2. The van der Waals surface area contributed by atoms with Crippen molar-refractivity contribution in [2.75, 3.05) is 5.75 Å². The molecule has 128 valence electrons. The molecule has 0 unspecified atom stereocenters. The highest BCUT2D eigenvalue weighted by Gasteiger charge is 2.38. The summed E-state index contributed by atoms with van der Waals surface area (Å²) in [5.41, 5.74) is -0.235. The molecule has 0 bridgehead atoms. The van der Waals surface area contributed by atoms with Gasteiger partial charge < -0.3 is 20.1 Å². The van der Waals surface area contributed by atoms with Gasteiger partial charge in [-0.1, -0.05) is 0 Å². The molecule has 0 aliphatic carbocycles. The molecule has 24 heavy (non-hydrogen) atoms. The average Bonchev–Trinajstić information content (AvgIpc) is 2.56. The molecule has 0 spiro atoms. The molecule has 0 saturated carbocycles. The Bertz CT molecular complexity index is 733. The normalized spacial score (nSPS) is 27.0. The number of thioether (sulfide) groups is 1. The zero-order valence-electron chi connectivity index (χ0n) is 12.3. The van der Waals surface area contributed by atoms with Crippen LogP contribution >= 0.6 is 11.8 Å². The summed E-state index contributed by atoms with van der Waals surface area (Å²) in [6, 6.07) is 4.73. The number of hydrogen-bond donors (Lipinski definition) is 3. The number of aliphatic hydroxyl groups excluding tert-OH is 3. The van der Waals surface area contributed by atoms with Gasteiger partial charge in [-0.3, -0.25) is 4.98 Å². The summed E-state index contributed by atoms with van der Waals surface area (Å²) in [5.74, 6) is -0.926. The Morgan fingerprint density at radius 1 is 1.08 bits per heavy atom. The molecule has 5 nitrogen and oxygen atoms in total. The second-order valence-corrected chi connectivity index (χ2v) is 6.53. The Kier molecular flexibility index (Phi) is 5.00. The van der Waals surface area contributed by atoms with Gasteiger partial charge in [-0.25, -0.2) is 8.78 Å². The molecule has 1 aliphatic rings. The fraction of sp³-hybridized carbons (Fsp3) is 0.312. The molecular weight excluding hydrogens is 340 g/mol. The maximum atomic E-state index is 13.9. The lowest BCUT2D eigenvalue weighted by Gasteiger charge is -2.34. The maximum absolute atomic E-state index is 13.9. The summed E-state index contributed by atoms with van der Waals surface area (Å²) in [4.78, 5) is 3.96. The second kappa shape index (κ2) is 7.02. The number of ether oxygens (including phenoxy) is 1. The van der Waals surface area contributed by atoms with Gasteiger partial charge in [0.15, 0.2) is 5.44 Å². The predicted molar refractivity (Wildman–Crippen MR) is 84.5 cm³/mol. The van der Waals surface area contributed by atoms with Gasteiger partial charge in [0.25, 0.3) is 0 Å². The fourth-order valence-electron chi connectivity index (χ4n) is 2.37. The van der Waals surface area contributed by atoms with Crippen LogP contribution in [0.15, 0.2) is 36.7 Å². The standard InChI is InChI=1S/C16H15F2NO4S/c17-9-1-2-11(12(18)4-9)8-3-10(6-19-5-8)23-16-15(22)14(21)13(20)7-24-16/h1-6,13-16,20-22H,7H2/t13-,14+,15-,16-/m1/s1. The van der Waals surface area contributed by atoms with Gasteiger partial charge in [0.1, 0.15) is 29.6 Å². The van der Waals surface area contributed by atoms with Crippen molar-refractivity contribution in [1.29, 1.82) is 0 Å². The van der Waals surface area contributed by atoms with Crippen LogP contribution < -0.4 is 4.74 Å². The summed E-state index contributed by atoms with van der Waals surface area (Å²) < 4.78 is 32.5. The van der Waals surface area contributed by atoms with Gasteiger partial charge in [-0.05, 0) is 18.2 Å². The number of pyridine rings is 1. The molecule has 2 heterocycles. The minimum absolute atomic E-state index is 0.168. The topological polar surface area (TPSA) is 82.8 Å². The number of hydrogen-bond acceptors (Lipinski definition) is 6. The molecule has 3 rings (SSSR count). The van der Waals surface area contributed by atoms with Gasteiger partial charge in [0, 0.05) is 29.1 Å². The SMILES string of the molecule is O[C@@H]1[C@@H](O)[C@H](Oc2cncc(-c3ccc(F)cc3F)c2)SC[C@H]1O. The van der Waals surface area contributed by atoms with E-state index >= 15 is 0 Å². The molecule has 1 aromatic carbocycles. The van der Waals surface area contributed by atoms with Crippen LogP contribution in [0.4, 0.5) is 8.78 Å². The quantitative estimate of drug-likeness (QED) is 0.775. The molecule has 1 aromatic heterocycles. The van der Waals surface area contributed by atoms with Crippen LogP contribution in [0.25, 0.3) is 11.1 Å². The van der Waals surface area contributed by atoms with Gasteiger partial charge >= 0.3 is 0 Å². The predicted octanol–water partition coefficient (Wildman–Crippen LogP) is 1.56. The van der Waals surface area contributed by atoms with Crippen LogP contribution in [-0.4, -0.2) is 49.8 Å². The zero-order valence-corrected chi connectivity index (χ0v) is 13.2. The lowest BCUT2D eigenvalue weighted by atomic mass is 10.1. The van der Waals surface area contributed by atoms with Crippen LogP contribution in [0.3, 0.4) is 0 Å². The molecule has 0 amide bonds. The molecule has 1 saturated heterocycles. The smallest absolute Gasteiger partial charge is 0.173 e. The van der Waals surface area contributed by atoms with Gasteiger partial charge in [0.2, 0.25) is 0 Å². The van der Waals surface area contributed by atoms with E-state index in [-0.39, 0.29) is 17.1 Å². The number of nitrogens with zero attached hydrogens (tertiary/aromatic N) is 1. The maximum Gasteiger partial charge on any atom is 0.173 e. The number of benzene rings is 1. The molecule has 8 heteroatoms. The van der Waals surface area contributed by atoms with Crippen LogP contribution in [-0.2, 0) is 0 Å². The number of rotatable bonds is 3. The Labute approximate surface area is 140 Å². The first-order valence-corrected chi connectivity index (χ1v) is 8.23. The van der Waals surface area contributed by atoms with Crippen molar-refractivity contribution in [2.24, 2.45) is 0 Å². The van der Waals surface area contributed by atoms with E-state index in [0.717, 1.165) is 23.9 Å². The van der Waals surface area contributed by atoms with Crippen molar-refractivity contribution in [3.63, 3.8) is 0 Å². The monoisotopic (exact) mass is 355 g/mol. The fourth-order valence-corrected chi connectivity index (χ4v) is 3.49. The average molecular weight is 355 g/mol. The minimum Gasteiger partial charge on any atom is -0.475 e. The first-order valence-electron chi connectivity index (χ1n) is 7.18. The van der Waals surface area contributed by atoms with Gasteiger partial charge in [-0.15, -0.1) is 11.8 Å². The molecule has 2 aromatic rings. The van der Waals surface area contributed by atoms with Gasteiger partial charge in [-0.2, -0.15) is 0 Å². The van der Waals surface area contributed by atoms with E-state index in [9.17, 15) is 24.1 Å². The van der Waals surface area contributed by atoms with Crippen molar-refractivity contribution < 1.29 is 28.8 Å². The minimum atomic E-state index is -1.30. The molecular formula is C16H15F2NO4S. The first kappa shape index (κ1) is 17.1. The van der Waals surface area contributed by atoms with E-state index in [2.05, 4.69) is 4.98 Å². The van der Waals surface area contributed by atoms with Crippen LogP contribution in [0, 0.1) is 11.6 Å². The summed E-state index contributed by atoms with van der Waals surface area (Å²) in [7, 11) is 0. The molecule has 0 radical (unpaired) electrons. The van der Waals surface area contributed by atoms with E-state index in [4.69, 9.17) is 4.74 Å². The molecule has 1 aliphatic heterocycles. The Morgan fingerprint density at radius 3 is 2.62 bits per heavy atom. The lowest BCUT2D eigenvalue weighted by molar-refractivity contribution is -0.0786. The van der Waals surface area contributed by atoms with Crippen LogP contribution in [0.2, 0.25) is 0 Å². The number of aromatic nitrogens is 1. The van der Waals surface area contributed by atoms with Crippen LogP contribution in [0.1, 0.15) is 0 Å². The van der Waals surface area contributed by atoms with E-state index in [1.165, 1.54) is 24.5 Å². The third kappa shape index (κ3) is 3.51. The largest absolute Gasteiger partial charge is 0.475 e. The van der Waals surface area contributed by atoms with Crippen molar-refractivity contribution in [1.82, 2.24) is 4.98 Å². The number of halogens is 2. The lowest BCUT2D eigenvalue weighted by Crippen LogP contribution is -2.50. The van der Waals surface area contributed by atoms with E-state index in [1.54, 1.807) is 0 Å². The summed E-state index contributed by atoms with van der Waals surface area (Å²) in [6.07, 6.45) is -0.809. The van der Waals surface area contributed by atoms with Crippen molar-refractivity contribution >= 4 is 11.8 Å². The Balaban J connectivity index is 1.81. The molecule has 3 N–H and O–H groups in total. The van der Waals surface area contributed by atoms with Crippen molar-refractivity contribution in [2.45, 2.75) is 23.7 Å². The van der Waals surface area contributed by atoms with E-state index in [0.29, 0.717) is 5.56 Å². The molecule has 4 atom stereocenters. The van der Waals surface area contributed by atoms with Crippen molar-refractivity contribution in [3.05, 3.63) is 48.3 Å². The van der Waals surface area contributed by atoms with Crippen molar-refractivity contribution in [3.8, 4) is 16.9 Å². The summed E-state index contributed by atoms with van der Waals surface area (Å²) in [6.45, 7) is 0. The highest BCUT2D eigenvalue weighted by Crippen LogP contribution is 2.31. The Hall–Kier alpha value is -1.74. The first-order chi connectivity index (χ1) is 11.5. The second-order valence-electron chi connectivity index (χ2n) is 5.40. The third-order valence-corrected chi connectivity index (χ3v) is 4.90. The van der Waals surface area contributed by atoms with E-state index < -0.39 is 35.4 Å². The zero-order chi connectivity index (χ0) is 17.3. The van der Waals surface area contributed by atoms with Gasteiger partial charge in [0.05, 0.1) is 12.3 Å². The Morgan fingerprint density at radius 2 is 1.88 bits per heavy atom. The third-order valence-electron chi connectivity index (χ3n) is 3.66. The highest BCUT2D eigenvalue weighted by molar-refractivity contribution is 7.99. The number of aliphatic hydroxyl groups is 3. The summed E-state index contributed by atoms with van der Waals surface area (Å²) >= 11 is 1.15.